The van der Waals surface area contributed by atoms with Gasteiger partial charge in [0.2, 0.25) is 0 Å². The lowest BCUT2D eigenvalue weighted by molar-refractivity contribution is 0.0964. The number of aromatic nitrogens is 1. The first-order chi connectivity index (χ1) is 20.9. The second-order valence-corrected chi connectivity index (χ2v) is 10.7. The number of rotatable bonds is 10. The maximum Gasteiger partial charge on any atom is 0.323 e. The number of nitrogens with one attached hydrogen (secondary N) is 4. The molecule has 0 fully saturated rings. The highest BCUT2D eigenvalue weighted by atomic mass is 35.5. The fourth-order valence-electron chi connectivity index (χ4n) is 5.06. The number of fused-ring (bicyclic) bond motifs is 2. The van der Waals surface area contributed by atoms with Crippen LogP contribution in [0.2, 0.25) is 0 Å². The summed E-state index contributed by atoms with van der Waals surface area (Å²) >= 11 is 11.9. The van der Waals surface area contributed by atoms with Crippen molar-refractivity contribution in [1.29, 1.82) is 0 Å². The van der Waals surface area contributed by atoms with E-state index in [1.165, 1.54) is 0 Å². The lowest BCUT2D eigenvalue weighted by Gasteiger charge is -2.23. The molecule has 0 radical (unpaired) electrons. The van der Waals surface area contributed by atoms with Gasteiger partial charge in [0, 0.05) is 65.4 Å². The average Bonchev–Trinajstić information content (AvgIpc) is 3.00. The van der Waals surface area contributed by atoms with E-state index >= 15 is 0 Å². The van der Waals surface area contributed by atoms with Crippen LogP contribution in [-0.2, 0) is 0 Å². The fraction of sp³-hybridized carbons (Fsp3) is 0.182. The number of amides is 3. The number of carbonyl (C=O) groups is 2. The molecule has 0 aliphatic heterocycles. The van der Waals surface area contributed by atoms with Crippen LogP contribution in [0, 0.1) is 6.92 Å². The Morgan fingerprint density at radius 3 is 2.19 bits per heavy atom. The molecule has 0 atom stereocenters. The molecular weight excluding hydrogens is 583 g/mol. The summed E-state index contributed by atoms with van der Waals surface area (Å²) in [6.45, 7) is 3.34. The standard InChI is InChI=1S/C33H32Cl2N6O2/c1-21-18-23(20-24(19-21)39-33(43)38-22-10-12-25(13-11-22)41(16-14-34)17-15-35)37-30-26-6-3-4-9-29(26)40-31-27(30)7-5-8-28(31)32(42)36-2/h3-13,18-20H,14-17H2,1-2H3,(H,36,42)(H,37,40)(H2,38,39,43). The molecule has 0 unspecified atom stereocenters. The van der Waals surface area contributed by atoms with Crippen LogP contribution >= 0.6 is 23.2 Å². The number of alkyl halides is 2. The molecule has 0 saturated heterocycles. The molecule has 8 nitrogen and oxygen atoms in total. The Morgan fingerprint density at radius 1 is 0.791 bits per heavy atom. The number of aryl methyl sites for hydroxylation is 1. The van der Waals surface area contributed by atoms with Gasteiger partial charge in [0.15, 0.2) is 0 Å². The van der Waals surface area contributed by atoms with E-state index in [0.29, 0.717) is 47.3 Å². The number of hydrogen-bond acceptors (Lipinski definition) is 5. The maximum atomic E-state index is 12.9. The van der Waals surface area contributed by atoms with Gasteiger partial charge in [-0.2, -0.15) is 0 Å². The van der Waals surface area contributed by atoms with E-state index in [2.05, 4.69) is 26.2 Å². The van der Waals surface area contributed by atoms with E-state index in [4.69, 9.17) is 28.2 Å². The first-order valence-corrected chi connectivity index (χ1v) is 14.9. The Hall–Kier alpha value is -4.53. The van der Waals surface area contributed by atoms with Crippen LogP contribution in [0.3, 0.4) is 0 Å². The predicted octanol–water partition coefficient (Wildman–Crippen LogP) is 7.73. The molecule has 0 aliphatic carbocycles. The van der Waals surface area contributed by atoms with Gasteiger partial charge in [0.05, 0.1) is 22.3 Å². The van der Waals surface area contributed by atoms with E-state index in [9.17, 15) is 9.59 Å². The fourth-order valence-corrected chi connectivity index (χ4v) is 5.47. The third kappa shape index (κ3) is 6.93. The lowest BCUT2D eigenvalue weighted by atomic mass is 10.0. The number of pyridine rings is 1. The second-order valence-electron chi connectivity index (χ2n) is 9.99. The molecular formula is C33H32Cl2N6O2. The van der Waals surface area contributed by atoms with Crippen LogP contribution in [0.15, 0.2) is 84.9 Å². The van der Waals surface area contributed by atoms with Gasteiger partial charge >= 0.3 is 6.03 Å². The minimum Gasteiger partial charge on any atom is -0.369 e. The van der Waals surface area contributed by atoms with Crippen molar-refractivity contribution in [3.63, 3.8) is 0 Å². The number of urea groups is 1. The van der Waals surface area contributed by atoms with Crippen molar-refractivity contribution in [2.45, 2.75) is 6.92 Å². The summed E-state index contributed by atoms with van der Waals surface area (Å²) in [6, 6.07) is 26.3. The maximum absolute atomic E-state index is 12.9. The summed E-state index contributed by atoms with van der Waals surface area (Å²) in [5.41, 5.74) is 6.69. The van der Waals surface area contributed by atoms with Crippen molar-refractivity contribution >= 4 is 85.4 Å². The van der Waals surface area contributed by atoms with E-state index < -0.39 is 0 Å². The zero-order valence-corrected chi connectivity index (χ0v) is 25.4. The molecule has 4 aromatic carbocycles. The highest BCUT2D eigenvalue weighted by molar-refractivity contribution is 6.18. The Bertz CT molecular complexity index is 1770. The lowest BCUT2D eigenvalue weighted by Crippen LogP contribution is -2.27. The van der Waals surface area contributed by atoms with Crippen LogP contribution in [0.25, 0.3) is 21.8 Å². The van der Waals surface area contributed by atoms with E-state index in [0.717, 1.165) is 38.9 Å². The normalized spacial score (nSPS) is 10.9. The predicted molar refractivity (Wildman–Crippen MR) is 180 cm³/mol. The van der Waals surface area contributed by atoms with E-state index in [1.807, 2.05) is 85.8 Å². The molecule has 1 heterocycles. The smallest absolute Gasteiger partial charge is 0.323 e. The largest absolute Gasteiger partial charge is 0.369 e. The molecule has 5 rings (SSSR count). The summed E-state index contributed by atoms with van der Waals surface area (Å²) in [7, 11) is 1.60. The molecule has 0 saturated carbocycles. The summed E-state index contributed by atoms with van der Waals surface area (Å²) in [5.74, 6) is 0.791. The number of benzene rings is 4. The molecule has 4 N–H and O–H groups in total. The molecule has 3 amide bonds. The van der Waals surface area contributed by atoms with Gasteiger partial charge in [0.1, 0.15) is 0 Å². The van der Waals surface area contributed by atoms with E-state index in [-0.39, 0.29) is 11.9 Å². The topological polar surface area (TPSA) is 98.4 Å². The zero-order chi connectivity index (χ0) is 30.3. The van der Waals surface area contributed by atoms with Crippen LogP contribution in [0.5, 0.6) is 0 Å². The first-order valence-electron chi connectivity index (χ1n) is 13.9. The SMILES string of the molecule is CNC(=O)c1cccc2c(Nc3cc(C)cc(NC(=O)Nc4ccc(N(CCCl)CCCl)cc4)c3)c3ccccc3nc12. The quantitative estimate of drug-likeness (QED) is 0.0953. The number of nitrogens with zero attached hydrogens (tertiary/aromatic N) is 2. The minimum atomic E-state index is -0.363. The molecule has 0 aliphatic rings. The van der Waals surface area contributed by atoms with Crippen LogP contribution in [-0.4, -0.2) is 48.8 Å². The van der Waals surface area contributed by atoms with Crippen LogP contribution < -0.4 is 26.2 Å². The van der Waals surface area contributed by atoms with Crippen molar-refractivity contribution in [3.05, 3.63) is 96.1 Å². The highest BCUT2D eigenvalue weighted by Gasteiger charge is 2.16. The van der Waals surface area contributed by atoms with Gasteiger partial charge < -0.3 is 26.2 Å². The van der Waals surface area contributed by atoms with Gasteiger partial charge in [-0.05, 0) is 67.1 Å². The van der Waals surface area contributed by atoms with Gasteiger partial charge in [-0.25, -0.2) is 9.78 Å². The second kappa shape index (κ2) is 13.6. The van der Waals surface area contributed by atoms with E-state index in [1.54, 1.807) is 13.1 Å². The number of hydrogen-bond donors (Lipinski definition) is 4. The third-order valence-electron chi connectivity index (χ3n) is 6.99. The molecule has 43 heavy (non-hydrogen) atoms. The summed E-state index contributed by atoms with van der Waals surface area (Å²) < 4.78 is 0. The van der Waals surface area contributed by atoms with Crippen molar-refractivity contribution < 1.29 is 9.59 Å². The van der Waals surface area contributed by atoms with Crippen LogP contribution in [0.4, 0.5) is 33.2 Å². The summed E-state index contributed by atoms with van der Waals surface area (Å²) in [6.07, 6.45) is 0. The Kier molecular flexibility index (Phi) is 9.49. The molecule has 0 bridgehead atoms. The highest BCUT2D eigenvalue weighted by Crippen LogP contribution is 2.35. The molecule has 1 aromatic heterocycles. The number of halogens is 2. The molecule has 5 aromatic rings. The Balaban J connectivity index is 1.39. The average molecular weight is 616 g/mol. The van der Waals surface area contributed by atoms with Crippen molar-refractivity contribution in [3.8, 4) is 0 Å². The van der Waals surface area contributed by atoms with Crippen molar-refractivity contribution in [2.24, 2.45) is 0 Å². The number of para-hydroxylation sites is 2. The number of carbonyl (C=O) groups excluding carboxylic acids is 2. The third-order valence-corrected chi connectivity index (χ3v) is 7.32. The Labute approximate surface area is 260 Å². The van der Waals surface area contributed by atoms with Crippen molar-refractivity contribution in [2.75, 3.05) is 52.7 Å². The Morgan fingerprint density at radius 2 is 1.47 bits per heavy atom. The van der Waals surface area contributed by atoms with Crippen molar-refractivity contribution in [1.82, 2.24) is 10.3 Å². The number of anilines is 5. The van der Waals surface area contributed by atoms with Gasteiger partial charge in [-0.15, -0.1) is 23.2 Å². The van der Waals surface area contributed by atoms with Crippen LogP contribution in [0.1, 0.15) is 15.9 Å². The van der Waals surface area contributed by atoms with Gasteiger partial charge in [0.25, 0.3) is 5.91 Å². The molecule has 10 heteroatoms. The first kappa shape index (κ1) is 29.9. The monoisotopic (exact) mass is 614 g/mol. The van der Waals surface area contributed by atoms with Gasteiger partial charge in [-0.1, -0.05) is 30.3 Å². The zero-order valence-electron chi connectivity index (χ0n) is 23.9. The summed E-state index contributed by atoms with van der Waals surface area (Å²) in [4.78, 5) is 32.5. The minimum absolute atomic E-state index is 0.204. The molecule has 0 spiro atoms. The van der Waals surface area contributed by atoms with Gasteiger partial charge in [-0.3, -0.25) is 4.79 Å². The molecule has 220 valence electrons. The summed E-state index contributed by atoms with van der Waals surface area (Å²) in [5, 5.41) is 13.8.